The topological polar surface area (TPSA) is 102 Å². The maximum Gasteiger partial charge on any atom is 0.267 e. The average Bonchev–Trinajstić information content (AvgIpc) is 2.71. The zero-order chi connectivity index (χ0) is 16.4. The van der Waals surface area contributed by atoms with E-state index in [9.17, 15) is 21.6 Å². The molecule has 7 nitrogen and oxygen atoms in total. The smallest absolute Gasteiger partial charge is 0.267 e. The molecule has 120 valence electrons. The number of hydrogen-bond acceptors (Lipinski definition) is 5. The van der Waals surface area contributed by atoms with E-state index in [1.165, 1.54) is 10.8 Å². The second-order valence-corrected chi connectivity index (χ2v) is 9.71. The number of carbonyl (C=O) groups is 1. The van der Waals surface area contributed by atoms with Crippen LogP contribution < -0.4 is 5.32 Å². The third kappa shape index (κ3) is 5.33. The highest BCUT2D eigenvalue weighted by atomic mass is 35.7. The Balaban J connectivity index is 3.00. The Morgan fingerprint density at radius 3 is 2.33 bits per heavy atom. The van der Waals surface area contributed by atoms with Crippen LogP contribution in [0.25, 0.3) is 0 Å². The van der Waals surface area contributed by atoms with Crippen molar-refractivity contribution in [1.82, 2.24) is 9.88 Å². The summed E-state index contributed by atoms with van der Waals surface area (Å²) >= 11 is 0. The zero-order valence-corrected chi connectivity index (χ0v) is 14.2. The van der Waals surface area contributed by atoms with Crippen molar-refractivity contribution in [3.63, 3.8) is 0 Å². The molecule has 0 fully saturated rings. The Bertz CT molecular complexity index is 735. The molecule has 0 radical (unpaired) electrons. The summed E-state index contributed by atoms with van der Waals surface area (Å²) < 4.78 is 46.1. The molecule has 1 amide bonds. The predicted octanol–water partition coefficient (Wildman–Crippen LogP) is 0.771. The molecule has 0 unspecified atom stereocenters. The molecule has 0 saturated heterocycles. The van der Waals surface area contributed by atoms with Gasteiger partial charge in [0.05, 0.1) is 5.75 Å². The van der Waals surface area contributed by atoms with Crippen molar-refractivity contribution in [2.75, 3.05) is 18.6 Å². The number of halogens is 1. The van der Waals surface area contributed by atoms with E-state index >= 15 is 0 Å². The fourth-order valence-corrected chi connectivity index (χ4v) is 2.85. The molecule has 0 saturated carbocycles. The third-order valence-electron chi connectivity index (χ3n) is 2.65. The van der Waals surface area contributed by atoms with Crippen molar-refractivity contribution < 1.29 is 21.6 Å². The number of sulfone groups is 1. The van der Waals surface area contributed by atoms with Crippen LogP contribution in [0.1, 0.15) is 30.4 Å². The molecular weight excluding hydrogens is 340 g/mol. The summed E-state index contributed by atoms with van der Waals surface area (Å²) in [6.07, 6.45) is 2.34. The van der Waals surface area contributed by atoms with Crippen LogP contribution in [0, 0.1) is 0 Å². The molecule has 1 heterocycles. The molecule has 0 bridgehead atoms. The SMILES string of the molecule is CC(C)n1cc(S(=O)(=O)Cl)cc1C(=O)NCCS(C)(=O)=O. The first kappa shape index (κ1) is 18.0. The monoisotopic (exact) mass is 356 g/mol. The lowest BCUT2D eigenvalue weighted by Gasteiger charge is -2.12. The molecule has 0 aliphatic heterocycles. The summed E-state index contributed by atoms with van der Waals surface area (Å²) in [6.45, 7) is 3.50. The normalized spacial score (nSPS) is 12.6. The van der Waals surface area contributed by atoms with Gasteiger partial charge in [0.1, 0.15) is 20.4 Å². The van der Waals surface area contributed by atoms with Crippen molar-refractivity contribution in [1.29, 1.82) is 0 Å². The van der Waals surface area contributed by atoms with Crippen LogP contribution in [0.4, 0.5) is 0 Å². The number of nitrogens with one attached hydrogen (secondary N) is 1. The first-order chi connectivity index (χ1) is 9.42. The van der Waals surface area contributed by atoms with E-state index in [0.29, 0.717) is 0 Å². The van der Waals surface area contributed by atoms with Gasteiger partial charge < -0.3 is 9.88 Å². The molecule has 1 rings (SSSR count). The molecule has 0 aromatic carbocycles. The number of carbonyl (C=O) groups excluding carboxylic acids is 1. The van der Waals surface area contributed by atoms with E-state index in [-0.39, 0.29) is 28.9 Å². The van der Waals surface area contributed by atoms with Gasteiger partial charge in [0.2, 0.25) is 0 Å². The summed E-state index contributed by atoms with van der Waals surface area (Å²) in [5.41, 5.74) is 0.109. The molecule has 0 aliphatic rings. The van der Waals surface area contributed by atoms with Gasteiger partial charge in [-0.2, -0.15) is 0 Å². The Morgan fingerprint density at radius 1 is 1.33 bits per heavy atom. The number of nitrogens with zero attached hydrogens (tertiary/aromatic N) is 1. The first-order valence-corrected chi connectivity index (χ1v) is 10.4. The summed E-state index contributed by atoms with van der Waals surface area (Å²) in [4.78, 5) is 11.9. The van der Waals surface area contributed by atoms with Gasteiger partial charge in [-0.1, -0.05) is 0 Å². The standard InChI is InChI=1S/C11H17ClN2O5S2/c1-8(2)14-7-9(21(12,18)19)6-10(14)11(15)13-4-5-20(3,16)17/h6-8H,4-5H2,1-3H3,(H,13,15). The van der Waals surface area contributed by atoms with Gasteiger partial charge in [0.15, 0.2) is 0 Å². The van der Waals surface area contributed by atoms with Crippen molar-refractivity contribution in [3.05, 3.63) is 18.0 Å². The highest BCUT2D eigenvalue weighted by molar-refractivity contribution is 8.13. The lowest BCUT2D eigenvalue weighted by molar-refractivity contribution is 0.0945. The van der Waals surface area contributed by atoms with Crippen LogP contribution in [-0.2, 0) is 18.9 Å². The molecular formula is C11H17ClN2O5S2. The summed E-state index contributed by atoms with van der Waals surface area (Å²) in [6, 6.07) is 1.01. The van der Waals surface area contributed by atoms with Crippen LogP contribution >= 0.6 is 10.7 Å². The van der Waals surface area contributed by atoms with E-state index in [1.807, 2.05) is 0 Å². The highest BCUT2D eigenvalue weighted by Crippen LogP contribution is 2.21. The predicted molar refractivity (Wildman–Crippen MR) is 79.9 cm³/mol. The minimum atomic E-state index is -3.94. The molecule has 21 heavy (non-hydrogen) atoms. The van der Waals surface area contributed by atoms with Crippen LogP contribution in [0.2, 0.25) is 0 Å². The minimum Gasteiger partial charge on any atom is -0.350 e. The summed E-state index contributed by atoms with van der Waals surface area (Å²) in [5.74, 6) is -0.749. The molecule has 1 N–H and O–H groups in total. The van der Waals surface area contributed by atoms with Gasteiger partial charge >= 0.3 is 0 Å². The number of rotatable bonds is 6. The second-order valence-electron chi connectivity index (χ2n) is 4.89. The number of aromatic nitrogens is 1. The van der Waals surface area contributed by atoms with Crippen LogP contribution in [-0.4, -0.2) is 45.9 Å². The Morgan fingerprint density at radius 2 is 1.90 bits per heavy atom. The second kappa shape index (κ2) is 6.37. The van der Waals surface area contributed by atoms with Gasteiger partial charge in [-0.05, 0) is 19.9 Å². The Labute approximate surface area is 128 Å². The largest absolute Gasteiger partial charge is 0.350 e. The number of hydrogen-bond donors (Lipinski definition) is 1. The van der Waals surface area contributed by atoms with Crippen LogP contribution in [0.5, 0.6) is 0 Å². The summed E-state index contributed by atoms with van der Waals surface area (Å²) in [7, 11) is -1.86. The van der Waals surface area contributed by atoms with Gasteiger partial charge in [-0.25, -0.2) is 16.8 Å². The summed E-state index contributed by atoms with van der Waals surface area (Å²) in [5, 5.41) is 2.44. The fourth-order valence-electron chi connectivity index (χ4n) is 1.64. The molecule has 10 heteroatoms. The van der Waals surface area contributed by atoms with E-state index in [4.69, 9.17) is 10.7 Å². The van der Waals surface area contributed by atoms with E-state index in [1.54, 1.807) is 13.8 Å². The van der Waals surface area contributed by atoms with E-state index < -0.39 is 24.8 Å². The maximum absolute atomic E-state index is 12.0. The van der Waals surface area contributed by atoms with E-state index in [0.717, 1.165) is 12.3 Å². The molecule has 1 aromatic heterocycles. The van der Waals surface area contributed by atoms with Crippen molar-refractivity contribution >= 4 is 35.5 Å². The molecule has 1 aromatic rings. The van der Waals surface area contributed by atoms with Gasteiger partial charge in [-0.3, -0.25) is 4.79 Å². The lowest BCUT2D eigenvalue weighted by Crippen LogP contribution is -2.30. The zero-order valence-electron chi connectivity index (χ0n) is 11.8. The molecule has 0 aliphatic carbocycles. The fraction of sp³-hybridized carbons (Fsp3) is 0.545. The van der Waals surface area contributed by atoms with Crippen LogP contribution in [0.3, 0.4) is 0 Å². The van der Waals surface area contributed by atoms with E-state index in [2.05, 4.69) is 5.32 Å². The minimum absolute atomic E-state index is 0.0517. The molecule has 0 atom stereocenters. The van der Waals surface area contributed by atoms with Gasteiger partial charge in [0.25, 0.3) is 15.0 Å². The molecule has 0 spiro atoms. The van der Waals surface area contributed by atoms with Crippen LogP contribution in [0.15, 0.2) is 17.2 Å². The van der Waals surface area contributed by atoms with Gasteiger partial charge in [-0.15, -0.1) is 0 Å². The van der Waals surface area contributed by atoms with Gasteiger partial charge in [0, 0.05) is 35.7 Å². The maximum atomic E-state index is 12.0. The Kier molecular flexibility index (Phi) is 5.46. The highest BCUT2D eigenvalue weighted by Gasteiger charge is 2.21. The van der Waals surface area contributed by atoms with Crippen molar-refractivity contribution in [3.8, 4) is 0 Å². The number of amides is 1. The Hall–Kier alpha value is -1.06. The van der Waals surface area contributed by atoms with Crippen molar-refractivity contribution in [2.45, 2.75) is 24.8 Å². The lowest BCUT2D eigenvalue weighted by atomic mass is 10.3. The van der Waals surface area contributed by atoms with Crippen molar-refractivity contribution in [2.24, 2.45) is 0 Å². The first-order valence-electron chi connectivity index (χ1n) is 6.04. The third-order valence-corrected chi connectivity index (χ3v) is 4.92. The average molecular weight is 357 g/mol. The quantitative estimate of drug-likeness (QED) is 0.758.